The van der Waals surface area contributed by atoms with E-state index in [0.717, 1.165) is 57.8 Å². The summed E-state index contributed by atoms with van der Waals surface area (Å²) in [4.78, 5) is 0. The van der Waals surface area contributed by atoms with Gasteiger partial charge in [-0.2, -0.15) is 0 Å². The molecule has 0 aromatic carbocycles. The van der Waals surface area contributed by atoms with Gasteiger partial charge in [0.2, 0.25) is 0 Å². The summed E-state index contributed by atoms with van der Waals surface area (Å²) in [5.74, 6) is 1.37. The molecule has 7 atom stereocenters. The van der Waals surface area contributed by atoms with Crippen LogP contribution < -0.4 is 5.73 Å². The van der Waals surface area contributed by atoms with E-state index in [9.17, 15) is 4.39 Å². The van der Waals surface area contributed by atoms with E-state index in [0.29, 0.717) is 18.3 Å². The van der Waals surface area contributed by atoms with Crippen molar-refractivity contribution in [3.63, 3.8) is 0 Å². The Morgan fingerprint density at radius 3 is 2.81 bits per heavy atom. The molecule has 4 aliphatic carbocycles. The van der Waals surface area contributed by atoms with Gasteiger partial charge < -0.3 is 5.73 Å². The smallest absolute Gasteiger partial charge is 0.117 e. The van der Waals surface area contributed by atoms with Gasteiger partial charge in [0, 0.05) is 5.54 Å². The second kappa shape index (κ2) is 7.18. The summed E-state index contributed by atoms with van der Waals surface area (Å²) in [6, 6.07) is 0. The van der Waals surface area contributed by atoms with Crippen LogP contribution in [0.2, 0.25) is 0 Å². The first kappa shape index (κ1) is 18.9. The molecule has 7 unspecified atom stereocenters. The molecule has 0 aliphatic heterocycles. The quantitative estimate of drug-likeness (QED) is 0.451. The van der Waals surface area contributed by atoms with Crippen LogP contribution >= 0.6 is 0 Å². The zero-order valence-electron chi connectivity index (χ0n) is 16.5. The normalized spacial score (nSPS) is 46.1. The molecule has 0 aromatic rings. The highest BCUT2D eigenvalue weighted by atomic mass is 19.1. The lowest BCUT2D eigenvalue weighted by Crippen LogP contribution is -2.60. The lowest BCUT2D eigenvalue weighted by atomic mass is 9.52. The third-order valence-electron chi connectivity index (χ3n) is 8.58. The molecular weight excluding hydrogens is 328 g/mol. The minimum atomic E-state index is -0.973. The van der Waals surface area contributed by atoms with Gasteiger partial charge in [-0.05, 0) is 94.8 Å². The Morgan fingerprint density at radius 1 is 1.15 bits per heavy atom. The Balaban J connectivity index is 1.45. The van der Waals surface area contributed by atoms with Crippen molar-refractivity contribution in [2.24, 2.45) is 29.4 Å². The van der Waals surface area contributed by atoms with Crippen molar-refractivity contribution in [2.75, 3.05) is 0 Å². The molecule has 3 fully saturated rings. The Bertz CT molecular complexity index is 544. The molecule has 3 heteroatoms. The highest BCUT2D eigenvalue weighted by molar-refractivity contribution is 5.29. The lowest BCUT2D eigenvalue weighted by Gasteiger charge is -2.55. The first-order valence-corrected chi connectivity index (χ1v) is 11.3. The van der Waals surface area contributed by atoms with E-state index in [2.05, 4.69) is 6.08 Å². The van der Waals surface area contributed by atoms with Crippen LogP contribution in [0.25, 0.3) is 0 Å². The van der Waals surface area contributed by atoms with Crippen molar-refractivity contribution in [2.45, 2.75) is 108 Å². The minimum Gasteiger partial charge on any atom is -0.321 e. The predicted molar refractivity (Wildman–Crippen MR) is 103 cm³/mol. The Labute approximate surface area is 158 Å². The highest BCUT2D eigenvalue weighted by Gasteiger charge is 2.60. The largest absolute Gasteiger partial charge is 0.321 e. The van der Waals surface area contributed by atoms with Gasteiger partial charge in [-0.25, -0.2) is 8.78 Å². The van der Waals surface area contributed by atoms with Crippen molar-refractivity contribution in [1.29, 1.82) is 0 Å². The molecule has 2 N–H and O–H groups in total. The first-order chi connectivity index (χ1) is 12.4. The third-order valence-corrected chi connectivity index (χ3v) is 8.58. The summed E-state index contributed by atoms with van der Waals surface area (Å²) in [5, 5.41) is 0. The SMILES string of the molecule is CC(F)CCCCC1CCC2C3CC=C4CCCCC4(N)C3CCC12F. The van der Waals surface area contributed by atoms with Crippen molar-refractivity contribution in [3.8, 4) is 0 Å². The van der Waals surface area contributed by atoms with Crippen molar-refractivity contribution in [3.05, 3.63) is 11.6 Å². The topological polar surface area (TPSA) is 26.0 Å². The number of allylic oxidation sites excluding steroid dienone is 1. The Morgan fingerprint density at radius 2 is 2.00 bits per heavy atom. The van der Waals surface area contributed by atoms with Crippen molar-refractivity contribution < 1.29 is 8.78 Å². The van der Waals surface area contributed by atoms with Crippen molar-refractivity contribution in [1.82, 2.24) is 0 Å². The minimum absolute atomic E-state index is 0.127. The maximum absolute atomic E-state index is 16.2. The summed E-state index contributed by atoms with van der Waals surface area (Å²) in [5.41, 5.74) is 7.37. The fraction of sp³-hybridized carbons (Fsp3) is 0.913. The van der Waals surface area contributed by atoms with Crippen LogP contribution in [0.15, 0.2) is 11.6 Å². The number of rotatable bonds is 5. The number of hydrogen-bond donors (Lipinski definition) is 1. The maximum atomic E-state index is 16.2. The molecule has 0 amide bonds. The summed E-state index contributed by atoms with van der Waals surface area (Å²) >= 11 is 0. The van der Waals surface area contributed by atoms with Crippen LogP contribution in [0.3, 0.4) is 0 Å². The molecule has 0 aromatic heterocycles. The maximum Gasteiger partial charge on any atom is 0.117 e. The van der Waals surface area contributed by atoms with Crippen LogP contribution in [-0.2, 0) is 0 Å². The number of halogens is 2. The molecule has 26 heavy (non-hydrogen) atoms. The fourth-order valence-corrected chi connectivity index (χ4v) is 7.28. The molecule has 4 aliphatic rings. The molecule has 1 nitrogen and oxygen atoms in total. The van der Waals surface area contributed by atoms with Gasteiger partial charge in [0.25, 0.3) is 0 Å². The van der Waals surface area contributed by atoms with E-state index in [1.807, 2.05) is 0 Å². The average Bonchev–Trinajstić information content (AvgIpc) is 2.94. The summed E-state index contributed by atoms with van der Waals surface area (Å²) in [7, 11) is 0. The Hall–Kier alpha value is -0.440. The molecule has 0 spiro atoms. The van der Waals surface area contributed by atoms with E-state index in [4.69, 9.17) is 5.73 Å². The first-order valence-electron chi connectivity index (χ1n) is 11.3. The molecule has 0 heterocycles. The van der Waals surface area contributed by atoms with Gasteiger partial charge in [0.1, 0.15) is 5.67 Å². The standard InChI is InChI=1S/C23H37F2N/c1-16(24)6-2-3-7-17-10-12-20-19-11-9-18-8-4-5-14-23(18,26)21(19)13-15-22(17,20)25/h9,16-17,19-21H,2-8,10-15,26H2,1H3. The van der Waals surface area contributed by atoms with E-state index in [-0.39, 0.29) is 17.4 Å². The third kappa shape index (κ3) is 3.06. The summed E-state index contributed by atoms with van der Waals surface area (Å²) in [6.45, 7) is 1.63. The van der Waals surface area contributed by atoms with Crippen LogP contribution in [-0.4, -0.2) is 17.4 Å². The average molecular weight is 366 g/mol. The molecule has 0 radical (unpaired) electrons. The zero-order valence-corrected chi connectivity index (χ0v) is 16.5. The number of nitrogens with two attached hydrogens (primary N) is 1. The van der Waals surface area contributed by atoms with Gasteiger partial charge in [0.15, 0.2) is 0 Å². The summed E-state index contributed by atoms with van der Waals surface area (Å²) < 4.78 is 29.2. The number of hydrogen-bond acceptors (Lipinski definition) is 1. The van der Waals surface area contributed by atoms with E-state index >= 15 is 4.39 Å². The van der Waals surface area contributed by atoms with Gasteiger partial charge in [0.05, 0.1) is 6.17 Å². The molecule has 0 bridgehead atoms. The second-order valence-corrected chi connectivity index (χ2v) is 9.89. The van der Waals surface area contributed by atoms with Gasteiger partial charge in [-0.15, -0.1) is 0 Å². The van der Waals surface area contributed by atoms with Gasteiger partial charge in [-0.1, -0.05) is 30.9 Å². The number of unbranched alkanes of at least 4 members (excludes halogenated alkanes) is 1. The van der Waals surface area contributed by atoms with Crippen LogP contribution in [0.4, 0.5) is 8.78 Å². The highest BCUT2D eigenvalue weighted by Crippen LogP contribution is 2.62. The predicted octanol–water partition coefficient (Wildman–Crippen LogP) is 6.27. The molecule has 4 rings (SSSR count). The van der Waals surface area contributed by atoms with Gasteiger partial charge >= 0.3 is 0 Å². The lowest BCUT2D eigenvalue weighted by molar-refractivity contribution is -0.0573. The van der Waals surface area contributed by atoms with E-state index in [1.165, 1.54) is 24.8 Å². The van der Waals surface area contributed by atoms with Crippen LogP contribution in [0.1, 0.15) is 90.4 Å². The molecule has 0 saturated heterocycles. The second-order valence-electron chi connectivity index (χ2n) is 9.89. The van der Waals surface area contributed by atoms with Gasteiger partial charge in [-0.3, -0.25) is 0 Å². The number of fused-ring (bicyclic) bond motifs is 5. The van der Waals surface area contributed by atoms with E-state index in [1.54, 1.807) is 6.92 Å². The van der Waals surface area contributed by atoms with Crippen LogP contribution in [0.5, 0.6) is 0 Å². The number of alkyl halides is 2. The fourth-order valence-electron chi connectivity index (χ4n) is 7.28. The molecule has 3 saturated carbocycles. The van der Waals surface area contributed by atoms with Crippen molar-refractivity contribution >= 4 is 0 Å². The molecule has 148 valence electrons. The summed E-state index contributed by atoms with van der Waals surface area (Å²) in [6.07, 6.45) is 14.8. The monoisotopic (exact) mass is 365 g/mol. The van der Waals surface area contributed by atoms with E-state index < -0.39 is 11.8 Å². The van der Waals surface area contributed by atoms with Crippen LogP contribution in [0, 0.1) is 23.7 Å². The zero-order chi connectivity index (χ0) is 18.4. The molecular formula is C23H37F2N. The Kier molecular flexibility index (Phi) is 5.22.